The van der Waals surface area contributed by atoms with E-state index in [1.807, 2.05) is 0 Å². The van der Waals surface area contributed by atoms with E-state index >= 15 is 4.39 Å². The molecule has 2 aromatic rings. The Morgan fingerprint density at radius 2 is 2.07 bits per heavy atom. The van der Waals surface area contributed by atoms with Crippen molar-refractivity contribution in [3.05, 3.63) is 54.3 Å². The zero-order valence-electron chi connectivity index (χ0n) is 22.7. The van der Waals surface area contributed by atoms with Gasteiger partial charge < -0.3 is 29.3 Å². The number of aliphatic hydroxyl groups is 1. The third-order valence-corrected chi connectivity index (χ3v) is 8.29. The Labute approximate surface area is 240 Å². The molecule has 41 heavy (non-hydrogen) atoms. The molecule has 0 spiro atoms. The molecule has 2 aliphatic heterocycles. The van der Waals surface area contributed by atoms with Crippen LogP contribution in [0.25, 0.3) is 11.3 Å². The summed E-state index contributed by atoms with van der Waals surface area (Å²) in [6.07, 6.45) is -2.42. The van der Waals surface area contributed by atoms with Gasteiger partial charge >= 0.3 is 13.7 Å². The van der Waals surface area contributed by atoms with Gasteiger partial charge in [0.1, 0.15) is 35.5 Å². The Balaban J connectivity index is 1.51. The third kappa shape index (κ3) is 7.18. The Hall–Kier alpha value is -3.20. The van der Waals surface area contributed by atoms with E-state index in [0.29, 0.717) is 5.69 Å². The number of carbonyl (C=O) groups is 2. The Kier molecular flexibility index (Phi) is 9.26. The minimum absolute atomic E-state index is 0.0465. The molecular formula is C25H31FN5O8PS. The van der Waals surface area contributed by atoms with Crippen molar-refractivity contribution in [1.82, 2.24) is 24.9 Å². The predicted octanol–water partition coefficient (Wildman–Crippen LogP) is 2.87. The molecule has 0 bridgehead atoms. The number of aliphatic hydroxyl groups excluding tert-OH is 1. The van der Waals surface area contributed by atoms with Gasteiger partial charge in [0.15, 0.2) is 11.9 Å². The third-order valence-electron chi connectivity index (χ3n) is 6.14. The highest BCUT2D eigenvalue weighted by molar-refractivity contribution is 7.52. The smallest absolute Gasteiger partial charge is 0.459 e. The number of esters is 1. The molecule has 1 aromatic carbocycles. The SMILES string of the molecule is C=C1NC(=O)C=CN1[C@@H]1O[C@H](COP(=O)(N[C@@H](C)C(=O)OC(C)C)Oc2ccc(-c3csnn3)cc2)[C@@H](O)[C@@]1(C)F. The fourth-order valence-corrected chi connectivity index (χ4v) is 6.03. The normalized spacial score (nSPS) is 26.5. The van der Waals surface area contributed by atoms with Crippen molar-refractivity contribution >= 4 is 31.2 Å². The molecule has 1 saturated heterocycles. The van der Waals surface area contributed by atoms with Crippen LogP contribution in [0, 0.1) is 0 Å². The first-order valence-corrected chi connectivity index (χ1v) is 15.0. The minimum atomic E-state index is -4.36. The molecule has 1 unspecified atom stereocenters. The zero-order chi connectivity index (χ0) is 29.9. The highest BCUT2D eigenvalue weighted by Gasteiger charge is 2.57. The fraction of sp³-hybridized carbons (Fsp3) is 0.440. The summed E-state index contributed by atoms with van der Waals surface area (Å²) >= 11 is 1.19. The Morgan fingerprint density at radius 3 is 2.68 bits per heavy atom. The second-order valence-corrected chi connectivity index (χ2v) is 12.1. The molecule has 3 N–H and O–H groups in total. The number of ether oxygens (including phenoxy) is 2. The highest BCUT2D eigenvalue weighted by Crippen LogP contribution is 2.47. The lowest BCUT2D eigenvalue weighted by Gasteiger charge is -2.35. The van der Waals surface area contributed by atoms with Crippen LogP contribution in [0.1, 0.15) is 27.7 Å². The van der Waals surface area contributed by atoms with Crippen LogP contribution in [0.2, 0.25) is 0 Å². The van der Waals surface area contributed by atoms with Gasteiger partial charge in [-0.2, -0.15) is 5.09 Å². The first kappa shape index (κ1) is 30.8. The predicted molar refractivity (Wildman–Crippen MR) is 146 cm³/mol. The molecule has 6 atom stereocenters. The van der Waals surface area contributed by atoms with Crippen molar-refractivity contribution in [3.63, 3.8) is 0 Å². The Bertz CT molecular complexity index is 1340. The van der Waals surface area contributed by atoms with Gasteiger partial charge in [0.05, 0.1) is 12.7 Å². The summed E-state index contributed by atoms with van der Waals surface area (Å²) in [6, 6.07) is 5.28. The van der Waals surface area contributed by atoms with Crippen molar-refractivity contribution in [2.75, 3.05) is 6.61 Å². The van der Waals surface area contributed by atoms with E-state index in [1.165, 1.54) is 41.7 Å². The molecule has 1 aromatic heterocycles. The zero-order valence-corrected chi connectivity index (χ0v) is 24.4. The molecule has 2 aliphatic rings. The van der Waals surface area contributed by atoms with Gasteiger partial charge in [-0.25, -0.2) is 8.96 Å². The number of alkyl halides is 1. The largest absolute Gasteiger partial charge is 0.462 e. The second kappa shape index (κ2) is 12.3. The standard InChI is InChI=1S/C25H31FN5O8PS/c1-14(2)37-23(34)15(3)29-40(35,39-18-8-6-17(7-9-18)19-13-41-30-28-19)36-12-20-22(33)25(5,26)24(38-20)31-11-10-21(32)27-16(31)4/h6-11,13-15,20,22,24,33H,4,12H2,1-3,5H3,(H,27,32)(H,29,35)/t15-,20+,22+,24+,25+,40?/m0/s1. The molecule has 13 nitrogen and oxygen atoms in total. The Morgan fingerprint density at radius 1 is 1.37 bits per heavy atom. The number of halogens is 1. The van der Waals surface area contributed by atoms with Gasteiger partial charge in [0.2, 0.25) is 0 Å². The van der Waals surface area contributed by atoms with Crippen molar-refractivity contribution in [2.24, 2.45) is 0 Å². The topological polar surface area (TPSA) is 161 Å². The fourth-order valence-electron chi connectivity index (χ4n) is 4.06. The van der Waals surface area contributed by atoms with Crippen LogP contribution in [0.15, 0.2) is 54.3 Å². The van der Waals surface area contributed by atoms with Crippen LogP contribution in [0.3, 0.4) is 0 Å². The summed E-state index contributed by atoms with van der Waals surface area (Å²) in [5, 5.41) is 21.5. The number of benzene rings is 1. The summed E-state index contributed by atoms with van der Waals surface area (Å²) in [7, 11) is -4.36. The van der Waals surface area contributed by atoms with E-state index in [-0.39, 0.29) is 11.6 Å². The monoisotopic (exact) mass is 611 g/mol. The van der Waals surface area contributed by atoms with Crippen LogP contribution in [-0.4, -0.2) is 74.3 Å². The number of amides is 1. The van der Waals surface area contributed by atoms with Crippen LogP contribution in [0.5, 0.6) is 5.75 Å². The minimum Gasteiger partial charge on any atom is -0.462 e. The van der Waals surface area contributed by atoms with Gasteiger partial charge in [-0.05, 0) is 63.5 Å². The number of hydrogen-bond donors (Lipinski definition) is 3. The van der Waals surface area contributed by atoms with E-state index in [0.717, 1.165) is 18.6 Å². The maximum absolute atomic E-state index is 15.7. The van der Waals surface area contributed by atoms with Crippen molar-refractivity contribution in [1.29, 1.82) is 0 Å². The van der Waals surface area contributed by atoms with E-state index < -0.39 is 62.5 Å². The van der Waals surface area contributed by atoms with Crippen LogP contribution in [-0.2, 0) is 28.2 Å². The molecule has 0 radical (unpaired) electrons. The first-order valence-electron chi connectivity index (χ1n) is 12.6. The number of rotatable bonds is 11. The average molecular weight is 612 g/mol. The molecule has 1 fully saturated rings. The summed E-state index contributed by atoms with van der Waals surface area (Å²) < 4.78 is 55.6. The van der Waals surface area contributed by atoms with E-state index in [1.54, 1.807) is 31.4 Å². The van der Waals surface area contributed by atoms with Crippen LogP contribution >= 0.6 is 19.3 Å². The van der Waals surface area contributed by atoms with Gasteiger partial charge in [-0.15, -0.1) is 5.10 Å². The molecule has 0 aliphatic carbocycles. The van der Waals surface area contributed by atoms with Gasteiger partial charge in [0, 0.05) is 23.2 Å². The molecule has 16 heteroatoms. The number of aromatic nitrogens is 2. The first-order chi connectivity index (χ1) is 19.3. The number of nitrogens with zero attached hydrogens (tertiary/aromatic N) is 3. The van der Waals surface area contributed by atoms with Crippen LogP contribution in [0.4, 0.5) is 4.39 Å². The van der Waals surface area contributed by atoms with Crippen molar-refractivity contribution in [2.45, 2.75) is 63.9 Å². The van der Waals surface area contributed by atoms with Crippen LogP contribution < -0.4 is 14.9 Å². The lowest BCUT2D eigenvalue weighted by atomic mass is 9.98. The summed E-state index contributed by atoms with van der Waals surface area (Å²) in [6.45, 7) is 8.97. The molecule has 0 saturated carbocycles. The van der Waals surface area contributed by atoms with Gasteiger partial charge in [0.25, 0.3) is 5.91 Å². The summed E-state index contributed by atoms with van der Waals surface area (Å²) in [4.78, 5) is 25.2. The molecule has 4 rings (SSSR count). The lowest BCUT2D eigenvalue weighted by molar-refractivity contribution is -0.149. The maximum atomic E-state index is 15.7. The summed E-state index contributed by atoms with van der Waals surface area (Å²) in [5.41, 5.74) is -0.966. The van der Waals surface area contributed by atoms with Crippen molar-refractivity contribution in [3.8, 4) is 17.0 Å². The van der Waals surface area contributed by atoms with Gasteiger partial charge in [-0.3, -0.25) is 14.1 Å². The van der Waals surface area contributed by atoms with E-state index in [4.69, 9.17) is 18.5 Å². The quantitative estimate of drug-likeness (QED) is 0.252. The molecule has 1 amide bonds. The van der Waals surface area contributed by atoms with Crippen molar-refractivity contribution < 1.29 is 42.2 Å². The molecular weight excluding hydrogens is 580 g/mol. The molecule has 222 valence electrons. The second-order valence-electron chi connectivity index (χ2n) is 9.82. The maximum Gasteiger partial charge on any atom is 0.459 e. The van der Waals surface area contributed by atoms with E-state index in [9.17, 15) is 19.3 Å². The number of nitrogens with one attached hydrogen (secondary N) is 2. The lowest BCUT2D eigenvalue weighted by Crippen LogP contribution is -2.51. The van der Waals surface area contributed by atoms with Gasteiger partial charge in [-0.1, -0.05) is 11.1 Å². The summed E-state index contributed by atoms with van der Waals surface area (Å²) in [5.74, 6) is -0.977. The van der Waals surface area contributed by atoms with E-state index in [2.05, 4.69) is 26.6 Å². The average Bonchev–Trinajstić information content (AvgIpc) is 3.51. The molecule has 3 heterocycles. The number of hydrogen-bond acceptors (Lipinski definition) is 12. The highest BCUT2D eigenvalue weighted by atomic mass is 32.1. The number of carbonyl (C=O) groups excluding carboxylic acids is 2.